The van der Waals surface area contributed by atoms with Gasteiger partial charge in [-0.2, -0.15) is 0 Å². The number of allylic oxidation sites excluding steroid dienone is 1. The molecule has 0 heterocycles. The number of ether oxygens (including phenoxy) is 3. The fraction of sp³-hybridized carbons (Fsp3) is 0.727. The van der Waals surface area contributed by atoms with E-state index in [1.54, 1.807) is 34.0 Å². The Morgan fingerprint density at radius 3 is 2.20 bits per heavy atom. The molecule has 1 rings (SSSR count). The molecule has 0 spiro atoms. The molecule has 172 valence electrons. The summed E-state index contributed by atoms with van der Waals surface area (Å²) in [4.78, 5) is 24.4. The molecule has 1 N–H and O–H groups in total. The normalized spacial score (nSPS) is 20.9. The Morgan fingerprint density at radius 1 is 1.13 bits per heavy atom. The van der Waals surface area contributed by atoms with Gasteiger partial charge in [-0.15, -0.1) is 0 Å². The van der Waals surface area contributed by atoms with Crippen molar-refractivity contribution < 1.29 is 28.2 Å². The average Bonchev–Trinajstić information content (AvgIpc) is 2.58. The highest BCUT2D eigenvalue weighted by atomic mass is 28.4. The first-order valence-corrected chi connectivity index (χ1v) is 13.2. The van der Waals surface area contributed by atoms with Crippen LogP contribution in [0.15, 0.2) is 23.6 Å². The molecule has 7 nitrogen and oxygen atoms in total. The number of methoxy groups -OCH3 is 2. The predicted molar refractivity (Wildman–Crippen MR) is 119 cm³/mol. The van der Waals surface area contributed by atoms with Crippen molar-refractivity contribution in [2.45, 2.75) is 84.2 Å². The zero-order valence-electron chi connectivity index (χ0n) is 20.2. The number of rotatable bonds is 6. The lowest BCUT2D eigenvalue weighted by Crippen LogP contribution is -2.41. The van der Waals surface area contributed by atoms with Crippen LogP contribution in [0.1, 0.15) is 54.4 Å². The quantitative estimate of drug-likeness (QED) is 0.359. The van der Waals surface area contributed by atoms with Crippen molar-refractivity contribution >= 4 is 20.4 Å². The summed E-state index contributed by atoms with van der Waals surface area (Å²) >= 11 is 0. The van der Waals surface area contributed by atoms with Gasteiger partial charge in [-0.05, 0) is 57.5 Å². The lowest BCUT2D eigenvalue weighted by Gasteiger charge is -2.39. The highest BCUT2D eigenvalue weighted by Gasteiger charge is 2.40. The zero-order valence-corrected chi connectivity index (χ0v) is 21.2. The molecule has 0 radical (unpaired) electrons. The van der Waals surface area contributed by atoms with E-state index in [4.69, 9.17) is 18.6 Å². The second kappa shape index (κ2) is 10.0. The molecule has 0 aromatic rings. The van der Waals surface area contributed by atoms with Gasteiger partial charge in [0.15, 0.2) is 0 Å². The van der Waals surface area contributed by atoms with Crippen LogP contribution in [0.3, 0.4) is 0 Å². The Kier molecular flexibility index (Phi) is 8.75. The van der Waals surface area contributed by atoms with E-state index >= 15 is 0 Å². The van der Waals surface area contributed by atoms with Gasteiger partial charge < -0.3 is 18.6 Å². The number of alkyl carbamates (subject to hydrolysis) is 1. The van der Waals surface area contributed by atoms with Gasteiger partial charge >= 0.3 is 12.1 Å². The zero-order chi connectivity index (χ0) is 23.3. The van der Waals surface area contributed by atoms with E-state index in [-0.39, 0.29) is 22.8 Å². The maximum atomic E-state index is 12.2. The minimum Gasteiger partial charge on any atom is -0.547 e. The minimum atomic E-state index is -1.94. The van der Waals surface area contributed by atoms with Crippen molar-refractivity contribution in [3.8, 4) is 0 Å². The first kappa shape index (κ1) is 26.2. The van der Waals surface area contributed by atoms with Crippen LogP contribution < -0.4 is 5.32 Å². The molecular formula is C22H39NO6Si. The van der Waals surface area contributed by atoms with Gasteiger partial charge in [0.1, 0.15) is 11.3 Å². The van der Waals surface area contributed by atoms with Crippen molar-refractivity contribution in [1.82, 2.24) is 5.32 Å². The molecule has 2 unspecified atom stereocenters. The standard InChI is InChI=1S/C22H39NO6Si/c1-21(2,3)28-20(25)23-17(19(24)27-8)13-15-11-12-16(14-18(15)26-7)29-30(9,10)22(4,5)6/h13-15,18H,11-12H2,1-10H3,(H,23,25)/b17-13-. The van der Waals surface area contributed by atoms with Gasteiger partial charge in [0.05, 0.1) is 19.0 Å². The van der Waals surface area contributed by atoms with Crippen molar-refractivity contribution in [1.29, 1.82) is 0 Å². The maximum absolute atomic E-state index is 12.2. The second-order valence-electron chi connectivity index (χ2n) is 10.1. The largest absolute Gasteiger partial charge is 0.547 e. The fourth-order valence-corrected chi connectivity index (χ4v) is 3.88. The average molecular weight is 442 g/mol. The van der Waals surface area contributed by atoms with E-state index < -0.39 is 26.0 Å². The summed E-state index contributed by atoms with van der Waals surface area (Å²) in [6.45, 7) is 16.3. The van der Waals surface area contributed by atoms with E-state index in [0.717, 1.165) is 18.6 Å². The lowest BCUT2D eigenvalue weighted by molar-refractivity contribution is -0.136. The minimum absolute atomic E-state index is 0.0426. The van der Waals surface area contributed by atoms with Crippen LogP contribution in [0.2, 0.25) is 18.1 Å². The highest BCUT2D eigenvalue weighted by Crippen LogP contribution is 2.40. The van der Waals surface area contributed by atoms with Crippen LogP contribution in [-0.2, 0) is 23.4 Å². The van der Waals surface area contributed by atoms with Crippen LogP contribution in [0, 0.1) is 5.92 Å². The molecule has 0 fully saturated rings. The lowest BCUT2D eigenvalue weighted by atomic mass is 9.89. The smallest absolute Gasteiger partial charge is 0.412 e. The third-order valence-corrected chi connectivity index (χ3v) is 9.77. The van der Waals surface area contributed by atoms with Gasteiger partial charge in [-0.1, -0.05) is 20.8 Å². The van der Waals surface area contributed by atoms with Crippen molar-refractivity contribution in [2.24, 2.45) is 5.92 Å². The molecule has 0 saturated carbocycles. The van der Waals surface area contributed by atoms with E-state index in [2.05, 4.69) is 39.2 Å². The van der Waals surface area contributed by atoms with E-state index in [0.29, 0.717) is 0 Å². The number of amides is 1. The van der Waals surface area contributed by atoms with Crippen LogP contribution in [-0.4, -0.2) is 46.3 Å². The molecule has 0 aromatic heterocycles. The molecule has 30 heavy (non-hydrogen) atoms. The number of hydrogen-bond acceptors (Lipinski definition) is 6. The number of nitrogens with one attached hydrogen (secondary N) is 1. The molecule has 0 aliphatic heterocycles. The van der Waals surface area contributed by atoms with Crippen LogP contribution >= 0.6 is 0 Å². The number of carbonyl (C=O) groups excluding carboxylic acids is 2. The van der Waals surface area contributed by atoms with Crippen LogP contribution in [0.5, 0.6) is 0 Å². The molecular weight excluding hydrogens is 402 g/mol. The third-order valence-electron chi connectivity index (χ3n) is 5.38. The molecule has 2 atom stereocenters. The van der Waals surface area contributed by atoms with E-state index in [1.165, 1.54) is 7.11 Å². The molecule has 8 heteroatoms. The Morgan fingerprint density at radius 2 is 1.73 bits per heavy atom. The second-order valence-corrected chi connectivity index (χ2v) is 14.8. The van der Waals surface area contributed by atoms with Gasteiger partial charge in [0.2, 0.25) is 8.32 Å². The van der Waals surface area contributed by atoms with Crippen molar-refractivity contribution in [3.63, 3.8) is 0 Å². The summed E-state index contributed by atoms with van der Waals surface area (Å²) in [6, 6.07) is 0. The Hall–Kier alpha value is -1.80. The van der Waals surface area contributed by atoms with Gasteiger partial charge in [0, 0.05) is 19.4 Å². The molecule has 1 amide bonds. The Bertz CT molecular complexity index is 685. The summed E-state index contributed by atoms with van der Waals surface area (Å²) in [5, 5.41) is 2.61. The van der Waals surface area contributed by atoms with Crippen molar-refractivity contribution in [3.05, 3.63) is 23.6 Å². The maximum Gasteiger partial charge on any atom is 0.412 e. The highest BCUT2D eigenvalue weighted by molar-refractivity contribution is 6.74. The molecule has 0 aromatic carbocycles. The van der Waals surface area contributed by atoms with Gasteiger partial charge in [-0.3, -0.25) is 5.32 Å². The molecule has 0 bridgehead atoms. The van der Waals surface area contributed by atoms with E-state index in [9.17, 15) is 9.59 Å². The topological polar surface area (TPSA) is 83.1 Å². The SMILES string of the molecule is COC(=O)/C(=C/C1CCC(O[Si](C)(C)C(C)(C)C)=CC1OC)NC(=O)OC(C)(C)C. The van der Waals surface area contributed by atoms with Crippen LogP contribution in [0.25, 0.3) is 0 Å². The Labute approximate surface area is 182 Å². The van der Waals surface area contributed by atoms with Gasteiger partial charge in [-0.25, -0.2) is 9.59 Å². The van der Waals surface area contributed by atoms with Gasteiger partial charge in [0.25, 0.3) is 0 Å². The summed E-state index contributed by atoms with van der Waals surface area (Å²) in [5.41, 5.74) is -0.634. The number of carbonyl (C=O) groups is 2. The summed E-state index contributed by atoms with van der Waals surface area (Å²) in [6.07, 6.45) is 4.13. The fourth-order valence-electron chi connectivity index (χ4n) is 2.75. The molecule has 1 aliphatic carbocycles. The first-order valence-electron chi connectivity index (χ1n) is 10.3. The third kappa shape index (κ3) is 7.79. The van der Waals surface area contributed by atoms with Crippen molar-refractivity contribution in [2.75, 3.05) is 14.2 Å². The summed E-state index contributed by atoms with van der Waals surface area (Å²) < 4.78 is 22.2. The monoisotopic (exact) mass is 441 g/mol. The number of esters is 1. The first-order chi connectivity index (χ1) is 13.6. The predicted octanol–water partition coefficient (Wildman–Crippen LogP) is 4.90. The van der Waals surface area contributed by atoms with E-state index in [1.807, 2.05) is 6.08 Å². The summed E-state index contributed by atoms with van der Waals surface area (Å²) in [7, 11) is 0.948. The Balaban J connectivity index is 3.05. The number of hydrogen-bond donors (Lipinski definition) is 1. The molecule has 1 aliphatic rings. The van der Waals surface area contributed by atoms with Crippen LogP contribution in [0.4, 0.5) is 4.79 Å². The molecule has 0 saturated heterocycles. The summed E-state index contributed by atoms with van der Waals surface area (Å²) in [5.74, 6) is 0.173.